The fourth-order valence-corrected chi connectivity index (χ4v) is 5.16. The molecule has 0 aliphatic carbocycles. The molecule has 0 aliphatic rings. The number of unbranched alkanes of at least 4 members (excludes halogenated alkanes) is 3. The van der Waals surface area contributed by atoms with Gasteiger partial charge in [0.25, 0.3) is 0 Å². The third kappa shape index (κ3) is 7.36. The summed E-state index contributed by atoms with van der Waals surface area (Å²) in [6, 6.07) is 16.3. The van der Waals surface area contributed by atoms with Crippen LogP contribution in [0.3, 0.4) is 0 Å². The van der Waals surface area contributed by atoms with E-state index >= 15 is 0 Å². The minimum Gasteiger partial charge on any atom is -0.325 e. The molecule has 3 aromatic rings. The highest BCUT2D eigenvalue weighted by Gasteiger charge is 2.21. The largest absolute Gasteiger partial charge is 0.325 e. The van der Waals surface area contributed by atoms with Gasteiger partial charge in [-0.3, -0.25) is 4.79 Å². The predicted molar refractivity (Wildman–Crippen MR) is 144 cm³/mol. The lowest BCUT2D eigenvalue weighted by Crippen LogP contribution is -2.18. The molecule has 1 heterocycles. The number of thioether (sulfide) groups is 1. The number of nitrogens with zero attached hydrogens (tertiary/aromatic N) is 2. The zero-order chi connectivity index (χ0) is 23.7. The van der Waals surface area contributed by atoms with Gasteiger partial charge in [0.05, 0.1) is 11.0 Å². The summed E-state index contributed by atoms with van der Waals surface area (Å²) < 4.78 is 2.00. The maximum atomic E-state index is 13.5. The van der Waals surface area contributed by atoms with E-state index in [1.54, 1.807) is 4.57 Å². The number of fused-ring (bicyclic) bond motifs is 1. The maximum absolute atomic E-state index is 13.5. The van der Waals surface area contributed by atoms with E-state index in [4.69, 9.17) is 4.98 Å². The number of hydrogen-bond acceptors (Lipinski definition) is 4. The van der Waals surface area contributed by atoms with E-state index in [1.807, 2.05) is 42.1 Å². The molecule has 5 heteroatoms. The van der Waals surface area contributed by atoms with Crippen LogP contribution >= 0.6 is 11.8 Å². The molecular weight excluding hydrogens is 426 g/mol. The van der Waals surface area contributed by atoms with E-state index < -0.39 is 0 Å². The summed E-state index contributed by atoms with van der Waals surface area (Å²) in [6.45, 7) is 9.02. The summed E-state index contributed by atoms with van der Waals surface area (Å²) >= 11 is 1.90. The molecule has 0 saturated heterocycles. The second kappa shape index (κ2) is 12.3. The number of hydrogen-bond donors (Lipinski definition) is 1. The smallest absolute Gasteiger partial charge is 0.234 e. The second-order valence-corrected chi connectivity index (χ2v) is 11.2. The van der Waals surface area contributed by atoms with Crippen LogP contribution in [0.15, 0.2) is 48.5 Å². The SMILES string of the molecule is CCCCCc1ccc2nc(Nc3ccccc3)n(C(=O)CCSC(C)(C)CCCC)c2c1. The van der Waals surface area contributed by atoms with Crippen molar-refractivity contribution in [2.45, 2.75) is 83.8 Å². The molecule has 2 aromatic carbocycles. The molecule has 1 aromatic heterocycles. The van der Waals surface area contributed by atoms with Gasteiger partial charge in [-0.15, -0.1) is 0 Å². The van der Waals surface area contributed by atoms with Crippen molar-refractivity contribution in [3.63, 3.8) is 0 Å². The minimum absolute atomic E-state index is 0.0976. The Morgan fingerprint density at radius 3 is 2.52 bits per heavy atom. The number of carbonyl (C=O) groups excluding carboxylic acids is 1. The third-order valence-corrected chi connectivity index (χ3v) is 7.40. The topological polar surface area (TPSA) is 46.9 Å². The van der Waals surface area contributed by atoms with Crippen molar-refractivity contribution in [3.05, 3.63) is 54.1 Å². The monoisotopic (exact) mass is 465 g/mol. The molecule has 0 aliphatic heterocycles. The first-order valence-electron chi connectivity index (χ1n) is 12.4. The zero-order valence-electron chi connectivity index (χ0n) is 20.7. The number of aromatic nitrogens is 2. The quantitative estimate of drug-likeness (QED) is 0.258. The highest BCUT2D eigenvalue weighted by molar-refractivity contribution is 8.00. The Kier molecular flexibility index (Phi) is 9.42. The number of anilines is 2. The summed E-state index contributed by atoms with van der Waals surface area (Å²) in [5.74, 6) is 1.51. The molecule has 0 spiro atoms. The van der Waals surface area contributed by atoms with Crippen molar-refractivity contribution in [3.8, 4) is 0 Å². The molecule has 0 radical (unpaired) electrons. The summed E-state index contributed by atoms with van der Waals surface area (Å²) in [4.78, 5) is 18.3. The third-order valence-electron chi connectivity index (χ3n) is 6.01. The van der Waals surface area contributed by atoms with Crippen molar-refractivity contribution in [1.82, 2.24) is 9.55 Å². The highest BCUT2D eigenvalue weighted by atomic mass is 32.2. The molecule has 0 amide bonds. The van der Waals surface area contributed by atoms with E-state index in [1.165, 1.54) is 44.1 Å². The van der Waals surface area contributed by atoms with Crippen LogP contribution in [0, 0.1) is 0 Å². The van der Waals surface area contributed by atoms with Crippen LogP contribution < -0.4 is 5.32 Å². The molecule has 3 rings (SSSR count). The fraction of sp³-hybridized carbons (Fsp3) is 0.500. The first kappa shape index (κ1) is 25.4. The van der Waals surface area contributed by atoms with Crippen LogP contribution in [0.1, 0.15) is 83.0 Å². The Labute approximate surface area is 203 Å². The summed E-state index contributed by atoms with van der Waals surface area (Å²) in [5, 5.41) is 3.37. The van der Waals surface area contributed by atoms with Crippen LogP contribution in [0.25, 0.3) is 11.0 Å². The lowest BCUT2D eigenvalue weighted by molar-refractivity contribution is 0.0917. The first-order chi connectivity index (χ1) is 15.9. The average Bonchev–Trinajstić information content (AvgIpc) is 3.15. The van der Waals surface area contributed by atoms with E-state index in [2.05, 4.69) is 51.2 Å². The van der Waals surface area contributed by atoms with Crippen molar-refractivity contribution < 1.29 is 4.79 Å². The minimum atomic E-state index is 0.0976. The molecule has 1 N–H and O–H groups in total. The number of nitrogens with one attached hydrogen (secondary N) is 1. The lowest BCUT2D eigenvalue weighted by atomic mass is 10.1. The van der Waals surface area contributed by atoms with Gasteiger partial charge in [0.15, 0.2) is 0 Å². The number of carbonyl (C=O) groups is 1. The van der Waals surface area contributed by atoms with Gasteiger partial charge < -0.3 is 5.32 Å². The molecule has 0 saturated carbocycles. The van der Waals surface area contributed by atoms with Crippen LogP contribution in [0.2, 0.25) is 0 Å². The summed E-state index contributed by atoms with van der Waals surface area (Å²) in [6.07, 6.45) is 8.74. The zero-order valence-corrected chi connectivity index (χ0v) is 21.5. The van der Waals surface area contributed by atoms with E-state index in [0.29, 0.717) is 12.4 Å². The first-order valence-corrected chi connectivity index (χ1v) is 13.4. The standard InChI is InChI=1S/C28H39N3OS/c1-5-7-10-13-22-16-17-24-25(21-22)31(27(30-24)29-23-14-11-9-12-15-23)26(32)18-20-33-28(3,4)19-8-6-2/h9,11-12,14-17,21H,5-8,10,13,18-20H2,1-4H3,(H,29,30). The molecule has 0 atom stereocenters. The van der Waals surface area contributed by atoms with E-state index in [-0.39, 0.29) is 10.7 Å². The van der Waals surface area contributed by atoms with Crippen LogP contribution in [0.4, 0.5) is 11.6 Å². The second-order valence-electron chi connectivity index (χ2n) is 9.40. The summed E-state index contributed by atoms with van der Waals surface area (Å²) in [7, 11) is 0. The van der Waals surface area contributed by atoms with Gasteiger partial charge in [-0.25, -0.2) is 9.55 Å². The van der Waals surface area contributed by atoms with Gasteiger partial charge in [0.1, 0.15) is 0 Å². The van der Waals surface area contributed by atoms with Gasteiger partial charge in [-0.05, 0) is 49.1 Å². The maximum Gasteiger partial charge on any atom is 0.234 e. The molecule has 33 heavy (non-hydrogen) atoms. The number of imidazole rings is 1. The normalized spacial score (nSPS) is 11.8. The number of rotatable bonds is 13. The Bertz CT molecular complexity index is 1030. The number of para-hydroxylation sites is 1. The lowest BCUT2D eigenvalue weighted by Gasteiger charge is -2.23. The molecule has 0 fully saturated rings. The molecular formula is C28H39N3OS. The van der Waals surface area contributed by atoms with Gasteiger partial charge >= 0.3 is 0 Å². The number of aryl methyl sites for hydroxylation is 1. The van der Waals surface area contributed by atoms with Crippen LogP contribution in [-0.2, 0) is 6.42 Å². The van der Waals surface area contributed by atoms with Gasteiger partial charge in [0, 0.05) is 22.6 Å². The molecule has 0 unspecified atom stereocenters. The van der Waals surface area contributed by atoms with E-state index in [9.17, 15) is 4.79 Å². The van der Waals surface area contributed by atoms with Gasteiger partial charge in [-0.2, -0.15) is 11.8 Å². The van der Waals surface area contributed by atoms with Crippen molar-refractivity contribution in [2.24, 2.45) is 0 Å². The van der Waals surface area contributed by atoms with Crippen molar-refractivity contribution >= 4 is 40.3 Å². The summed E-state index contributed by atoms with van der Waals surface area (Å²) in [5.41, 5.74) is 3.96. The van der Waals surface area contributed by atoms with Crippen molar-refractivity contribution in [1.29, 1.82) is 0 Å². The fourth-order valence-electron chi connectivity index (χ4n) is 4.04. The molecule has 0 bridgehead atoms. The van der Waals surface area contributed by atoms with Gasteiger partial charge in [-0.1, -0.05) is 77.6 Å². The van der Waals surface area contributed by atoms with Crippen LogP contribution in [-0.4, -0.2) is 26.0 Å². The van der Waals surface area contributed by atoms with E-state index in [0.717, 1.165) is 28.9 Å². The predicted octanol–water partition coefficient (Wildman–Crippen LogP) is 8.24. The van der Waals surface area contributed by atoms with Crippen LogP contribution in [0.5, 0.6) is 0 Å². The molecule has 178 valence electrons. The number of benzene rings is 2. The highest BCUT2D eigenvalue weighted by Crippen LogP contribution is 2.31. The van der Waals surface area contributed by atoms with Gasteiger partial charge in [0.2, 0.25) is 11.9 Å². The average molecular weight is 466 g/mol. The Morgan fingerprint density at radius 1 is 1.03 bits per heavy atom. The Hall–Kier alpha value is -2.27. The Morgan fingerprint density at radius 2 is 1.79 bits per heavy atom. The molecule has 4 nitrogen and oxygen atoms in total. The van der Waals surface area contributed by atoms with Crippen molar-refractivity contribution in [2.75, 3.05) is 11.1 Å². The Balaban J connectivity index is 1.84.